The van der Waals surface area contributed by atoms with Gasteiger partial charge in [-0.2, -0.15) is 5.26 Å². The summed E-state index contributed by atoms with van der Waals surface area (Å²) in [7, 11) is 0. The third kappa shape index (κ3) is 2.39. The van der Waals surface area contributed by atoms with Crippen molar-refractivity contribution in [2.45, 2.75) is 12.8 Å². The van der Waals surface area contributed by atoms with E-state index in [2.05, 4.69) is 11.0 Å². The third-order valence-corrected chi connectivity index (χ3v) is 3.19. The summed E-state index contributed by atoms with van der Waals surface area (Å²) in [6.45, 7) is 1.50. The van der Waals surface area contributed by atoms with Crippen LogP contribution in [0.1, 0.15) is 18.4 Å². The van der Waals surface area contributed by atoms with E-state index in [0.717, 1.165) is 25.1 Å². The number of hydrogen-bond donors (Lipinski definition) is 1. The molecule has 17 heavy (non-hydrogen) atoms. The van der Waals surface area contributed by atoms with Gasteiger partial charge < -0.3 is 10.6 Å². The van der Waals surface area contributed by atoms with Crippen molar-refractivity contribution in [1.29, 1.82) is 5.26 Å². The maximum Gasteiger partial charge on any atom is 0.222 e. The molecule has 1 aliphatic rings. The SMILES string of the molecule is N#Cc1ccccc1N1CCCC(C(N)=O)C1. The molecule has 88 valence electrons. The van der Waals surface area contributed by atoms with E-state index in [-0.39, 0.29) is 11.8 Å². The second kappa shape index (κ2) is 4.88. The van der Waals surface area contributed by atoms with Crippen molar-refractivity contribution in [3.63, 3.8) is 0 Å². The molecule has 1 aliphatic heterocycles. The zero-order valence-electron chi connectivity index (χ0n) is 9.60. The lowest BCUT2D eigenvalue weighted by atomic mass is 9.96. The highest BCUT2D eigenvalue weighted by atomic mass is 16.1. The van der Waals surface area contributed by atoms with Gasteiger partial charge in [0.25, 0.3) is 0 Å². The number of nitrogens with two attached hydrogens (primary N) is 1. The summed E-state index contributed by atoms with van der Waals surface area (Å²) in [4.78, 5) is 13.3. The number of hydrogen-bond acceptors (Lipinski definition) is 3. The molecule has 0 spiro atoms. The van der Waals surface area contributed by atoms with Gasteiger partial charge in [-0.3, -0.25) is 4.79 Å². The Labute approximate surface area is 101 Å². The maximum atomic E-state index is 11.2. The second-order valence-corrected chi connectivity index (χ2v) is 4.32. The smallest absolute Gasteiger partial charge is 0.222 e. The normalized spacial score (nSPS) is 19.7. The van der Waals surface area contributed by atoms with E-state index in [0.29, 0.717) is 12.1 Å². The first kappa shape index (κ1) is 11.5. The summed E-state index contributed by atoms with van der Waals surface area (Å²) in [6, 6.07) is 9.64. The number of carbonyl (C=O) groups is 1. The quantitative estimate of drug-likeness (QED) is 0.830. The molecule has 1 aromatic carbocycles. The Hall–Kier alpha value is -2.02. The Bertz CT molecular complexity index is 464. The minimum Gasteiger partial charge on any atom is -0.370 e. The van der Waals surface area contributed by atoms with Gasteiger partial charge in [-0.15, -0.1) is 0 Å². The lowest BCUT2D eigenvalue weighted by Gasteiger charge is -2.33. The Balaban J connectivity index is 2.22. The van der Waals surface area contributed by atoms with E-state index in [9.17, 15) is 4.79 Å². The molecule has 1 atom stereocenters. The standard InChI is InChI=1S/C13H15N3O/c14-8-10-4-1-2-6-12(10)16-7-3-5-11(9-16)13(15)17/h1-2,4,6,11H,3,5,7,9H2,(H2,15,17). The van der Waals surface area contributed by atoms with Gasteiger partial charge in [-0.05, 0) is 25.0 Å². The van der Waals surface area contributed by atoms with Crippen LogP contribution >= 0.6 is 0 Å². The largest absolute Gasteiger partial charge is 0.370 e. The summed E-state index contributed by atoms with van der Waals surface area (Å²) in [5.74, 6) is -0.348. The van der Waals surface area contributed by atoms with Gasteiger partial charge >= 0.3 is 0 Å². The monoisotopic (exact) mass is 229 g/mol. The second-order valence-electron chi connectivity index (χ2n) is 4.32. The number of anilines is 1. The number of benzene rings is 1. The number of carbonyl (C=O) groups excluding carboxylic acids is 1. The van der Waals surface area contributed by atoms with Crippen LogP contribution in [0.15, 0.2) is 24.3 Å². The van der Waals surface area contributed by atoms with Crippen LogP contribution in [0.2, 0.25) is 0 Å². The minimum absolute atomic E-state index is 0.101. The number of piperidine rings is 1. The van der Waals surface area contributed by atoms with Gasteiger partial charge in [0, 0.05) is 13.1 Å². The molecule has 1 saturated heterocycles. The Kier molecular flexibility index (Phi) is 3.29. The predicted molar refractivity (Wildman–Crippen MR) is 65.3 cm³/mol. The summed E-state index contributed by atoms with van der Waals surface area (Å²) in [5, 5.41) is 9.06. The van der Waals surface area contributed by atoms with Gasteiger partial charge in [0.05, 0.1) is 17.2 Å². The van der Waals surface area contributed by atoms with Crippen LogP contribution in [-0.4, -0.2) is 19.0 Å². The van der Waals surface area contributed by atoms with Crippen molar-refractivity contribution >= 4 is 11.6 Å². The molecular weight excluding hydrogens is 214 g/mol. The van der Waals surface area contributed by atoms with E-state index in [1.807, 2.05) is 18.2 Å². The first-order valence-electron chi connectivity index (χ1n) is 5.75. The highest BCUT2D eigenvalue weighted by molar-refractivity contribution is 5.78. The van der Waals surface area contributed by atoms with Crippen LogP contribution in [0.3, 0.4) is 0 Å². The maximum absolute atomic E-state index is 11.2. The van der Waals surface area contributed by atoms with Gasteiger partial charge in [-0.1, -0.05) is 12.1 Å². The zero-order valence-corrected chi connectivity index (χ0v) is 9.60. The molecule has 0 radical (unpaired) electrons. The number of para-hydroxylation sites is 1. The molecular formula is C13H15N3O. The first-order chi connectivity index (χ1) is 8.22. The van der Waals surface area contributed by atoms with Crippen LogP contribution in [0.25, 0.3) is 0 Å². The van der Waals surface area contributed by atoms with Crippen molar-refractivity contribution in [2.24, 2.45) is 11.7 Å². The van der Waals surface area contributed by atoms with E-state index in [4.69, 9.17) is 11.0 Å². The summed E-state index contributed by atoms with van der Waals surface area (Å²) in [6.07, 6.45) is 1.79. The molecule has 0 aromatic heterocycles. The highest BCUT2D eigenvalue weighted by Gasteiger charge is 2.25. The number of primary amides is 1. The Morgan fingerprint density at radius 1 is 1.47 bits per heavy atom. The Morgan fingerprint density at radius 3 is 2.94 bits per heavy atom. The van der Waals surface area contributed by atoms with Crippen molar-refractivity contribution in [2.75, 3.05) is 18.0 Å². The van der Waals surface area contributed by atoms with Crippen LogP contribution in [-0.2, 0) is 4.79 Å². The molecule has 1 heterocycles. The van der Waals surface area contributed by atoms with Gasteiger partial charge in [0.1, 0.15) is 6.07 Å². The van der Waals surface area contributed by atoms with Crippen LogP contribution in [0.4, 0.5) is 5.69 Å². The average Bonchev–Trinajstić information content (AvgIpc) is 2.39. The van der Waals surface area contributed by atoms with Gasteiger partial charge in [0.15, 0.2) is 0 Å². The van der Waals surface area contributed by atoms with E-state index in [1.165, 1.54) is 0 Å². The topological polar surface area (TPSA) is 70.1 Å². The van der Waals surface area contributed by atoms with Crippen molar-refractivity contribution in [1.82, 2.24) is 0 Å². The number of amides is 1. The number of nitrogens with zero attached hydrogens (tertiary/aromatic N) is 2. The van der Waals surface area contributed by atoms with Crippen molar-refractivity contribution in [3.8, 4) is 6.07 Å². The molecule has 1 fully saturated rings. The fourth-order valence-corrected chi connectivity index (χ4v) is 2.27. The predicted octanol–water partition coefficient (Wildman–Crippen LogP) is 1.26. The fraction of sp³-hybridized carbons (Fsp3) is 0.385. The number of nitriles is 1. The average molecular weight is 229 g/mol. The van der Waals surface area contributed by atoms with Crippen LogP contribution < -0.4 is 10.6 Å². The lowest BCUT2D eigenvalue weighted by molar-refractivity contribution is -0.122. The molecule has 1 amide bonds. The van der Waals surface area contributed by atoms with E-state index in [1.54, 1.807) is 6.07 Å². The van der Waals surface area contributed by atoms with Crippen LogP contribution in [0, 0.1) is 17.2 Å². The number of rotatable bonds is 2. The molecule has 4 heteroatoms. The lowest BCUT2D eigenvalue weighted by Crippen LogP contribution is -2.41. The van der Waals surface area contributed by atoms with E-state index < -0.39 is 0 Å². The molecule has 2 N–H and O–H groups in total. The molecule has 1 aromatic rings. The van der Waals surface area contributed by atoms with Gasteiger partial charge in [-0.25, -0.2) is 0 Å². The first-order valence-corrected chi connectivity index (χ1v) is 5.75. The Morgan fingerprint density at radius 2 is 2.24 bits per heavy atom. The van der Waals surface area contributed by atoms with Crippen molar-refractivity contribution < 1.29 is 4.79 Å². The molecule has 0 saturated carbocycles. The molecule has 2 rings (SSSR count). The summed E-state index contributed by atoms with van der Waals surface area (Å²) < 4.78 is 0. The molecule has 0 bridgehead atoms. The molecule has 4 nitrogen and oxygen atoms in total. The van der Waals surface area contributed by atoms with Crippen molar-refractivity contribution in [3.05, 3.63) is 29.8 Å². The molecule has 0 aliphatic carbocycles. The minimum atomic E-state index is -0.246. The zero-order chi connectivity index (χ0) is 12.3. The summed E-state index contributed by atoms with van der Waals surface area (Å²) in [5.41, 5.74) is 6.90. The van der Waals surface area contributed by atoms with Crippen LogP contribution in [0.5, 0.6) is 0 Å². The third-order valence-electron chi connectivity index (χ3n) is 3.19. The highest BCUT2D eigenvalue weighted by Crippen LogP contribution is 2.25. The summed E-state index contributed by atoms with van der Waals surface area (Å²) >= 11 is 0. The van der Waals surface area contributed by atoms with E-state index >= 15 is 0 Å². The van der Waals surface area contributed by atoms with Gasteiger partial charge in [0.2, 0.25) is 5.91 Å². The molecule has 1 unspecified atom stereocenters. The fourth-order valence-electron chi connectivity index (χ4n) is 2.27.